The molecule has 0 aliphatic carbocycles. The number of ether oxygens (including phenoxy) is 1. The molecule has 0 aromatic heterocycles. The Balaban J connectivity index is 2.22. The smallest absolute Gasteiger partial charge is 0.133 e. The van der Waals surface area contributed by atoms with E-state index in [4.69, 9.17) is 4.74 Å². The maximum absolute atomic E-state index is 5.29. The minimum Gasteiger partial charge on any atom is -0.496 e. The van der Waals surface area contributed by atoms with E-state index in [1.807, 2.05) is 6.07 Å². The number of likely N-dealkylation sites (N-methyl/N-ethyl adjacent to an activating group) is 1. The second-order valence-electron chi connectivity index (χ2n) is 5.20. The van der Waals surface area contributed by atoms with Crippen molar-refractivity contribution in [3.63, 3.8) is 0 Å². The Morgan fingerprint density at radius 1 is 1.19 bits per heavy atom. The second-order valence-corrected chi connectivity index (χ2v) is 6.05. The van der Waals surface area contributed by atoms with Gasteiger partial charge >= 0.3 is 0 Å². The number of rotatable bonds is 6. The molecule has 0 radical (unpaired) electrons. The molecule has 1 atom stereocenters. The van der Waals surface area contributed by atoms with Gasteiger partial charge in [0.2, 0.25) is 0 Å². The molecule has 2 rings (SSSR count). The first kappa shape index (κ1) is 16.1. The maximum Gasteiger partial charge on any atom is 0.133 e. The minimum atomic E-state index is 0.329. The Morgan fingerprint density at radius 3 is 2.62 bits per heavy atom. The van der Waals surface area contributed by atoms with Crippen molar-refractivity contribution in [1.29, 1.82) is 0 Å². The zero-order valence-electron chi connectivity index (χ0n) is 12.8. The number of hydrogen-bond donors (Lipinski definition) is 1. The van der Waals surface area contributed by atoms with Crippen molar-refractivity contribution in [2.24, 2.45) is 0 Å². The summed E-state index contributed by atoms with van der Waals surface area (Å²) < 4.78 is 6.29. The largest absolute Gasteiger partial charge is 0.496 e. The van der Waals surface area contributed by atoms with Crippen LogP contribution in [0.4, 0.5) is 0 Å². The molecule has 1 N–H and O–H groups in total. The van der Waals surface area contributed by atoms with Crippen LogP contribution in [0.3, 0.4) is 0 Å². The fraction of sp³-hybridized carbons (Fsp3) is 0.333. The van der Waals surface area contributed by atoms with Crippen LogP contribution >= 0.6 is 15.9 Å². The number of aryl methyl sites for hydroxylation is 1. The Morgan fingerprint density at radius 2 is 2.00 bits per heavy atom. The van der Waals surface area contributed by atoms with E-state index >= 15 is 0 Å². The van der Waals surface area contributed by atoms with Gasteiger partial charge in [-0.1, -0.05) is 42.8 Å². The molecule has 0 saturated heterocycles. The predicted molar refractivity (Wildman–Crippen MR) is 92.0 cm³/mol. The first-order valence-electron chi connectivity index (χ1n) is 7.26. The van der Waals surface area contributed by atoms with Crippen LogP contribution in [-0.4, -0.2) is 13.7 Å². The summed E-state index contributed by atoms with van der Waals surface area (Å²) >= 11 is 3.56. The lowest BCUT2D eigenvalue weighted by Crippen LogP contribution is -2.23. The number of nitrogens with one attached hydrogen (secondary N) is 1. The standard InChI is InChI=1S/C18H22BrNO/c1-4-20-17(15-7-5-6-13(2)10-15)12-14-8-9-18(21-3)16(19)11-14/h5-11,17,20H,4,12H2,1-3H3. The molecule has 112 valence electrons. The quantitative estimate of drug-likeness (QED) is 0.820. The molecule has 0 aliphatic rings. The molecular formula is C18H22BrNO. The minimum absolute atomic E-state index is 0.329. The van der Waals surface area contributed by atoms with Gasteiger partial charge in [-0.05, 0) is 59.1 Å². The highest BCUT2D eigenvalue weighted by atomic mass is 79.9. The van der Waals surface area contributed by atoms with Crippen molar-refractivity contribution < 1.29 is 4.74 Å². The van der Waals surface area contributed by atoms with E-state index in [0.717, 1.165) is 23.2 Å². The van der Waals surface area contributed by atoms with Crippen LogP contribution in [-0.2, 0) is 6.42 Å². The fourth-order valence-corrected chi connectivity index (χ4v) is 3.10. The molecule has 1 unspecified atom stereocenters. The normalized spacial score (nSPS) is 12.2. The summed E-state index contributed by atoms with van der Waals surface area (Å²) in [4.78, 5) is 0. The van der Waals surface area contributed by atoms with Gasteiger partial charge in [0.1, 0.15) is 5.75 Å². The maximum atomic E-state index is 5.29. The topological polar surface area (TPSA) is 21.3 Å². The van der Waals surface area contributed by atoms with Gasteiger partial charge in [0.15, 0.2) is 0 Å². The SMILES string of the molecule is CCNC(Cc1ccc(OC)c(Br)c1)c1cccc(C)c1. The van der Waals surface area contributed by atoms with Crippen LogP contribution in [0.5, 0.6) is 5.75 Å². The molecule has 0 bridgehead atoms. The van der Waals surface area contributed by atoms with E-state index in [9.17, 15) is 0 Å². The monoisotopic (exact) mass is 347 g/mol. The van der Waals surface area contributed by atoms with Crippen LogP contribution in [0.1, 0.15) is 29.7 Å². The van der Waals surface area contributed by atoms with Crippen molar-refractivity contribution in [1.82, 2.24) is 5.32 Å². The summed E-state index contributed by atoms with van der Waals surface area (Å²) in [5.41, 5.74) is 3.92. The molecule has 0 fully saturated rings. The third-order valence-electron chi connectivity index (χ3n) is 3.55. The molecule has 0 heterocycles. The van der Waals surface area contributed by atoms with Gasteiger partial charge in [-0.2, -0.15) is 0 Å². The highest BCUT2D eigenvalue weighted by molar-refractivity contribution is 9.10. The van der Waals surface area contributed by atoms with Gasteiger partial charge in [-0.25, -0.2) is 0 Å². The molecule has 21 heavy (non-hydrogen) atoms. The average Bonchev–Trinajstić information content (AvgIpc) is 2.47. The predicted octanol–water partition coefficient (Wildman–Crippen LogP) is 4.66. The van der Waals surface area contributed by atoms with E-state index in [1.165, 1.54) is 16.7 Å². The van der Waals surface area contributed by atoms with Gasteiger partial charge < -0.3 is 10.1 Å². The van der Waals surface area contributed by atoms with Crippen molar-refractivity contribution >= 4 is 15.9 Å². The van der Waals surface area contributed by atoms with Gasteiger partial charge in [0.05, 0.1) is 11.6 Å². The number of benzene rings is 2. The van der Waals surface area contributed by atoms with E-state index in [-0.39, 0.29) is 0 Å². The van der Waals surface area contributed by atoms with E-state index < -0.39 is 0 Å². The molecule has 0 saturated carbocycles. The van der Waals surface area contributed by atoms with Gasteiger partial charge in [0.25, 0.3) is 0 Å². The summed E-state index contributed by atoms with van der Waals surface area (Å²) in [6.07, 6.45) is 0.958. The molecule has 0 amide bonds. The summed E-state index contributed by atoms with van der Waals surface area (Å²) in [5.74, 6) is 0.870. The highest BCUT2D eigenvalue weighted by Gasteiger charge is 2.12. The highest BCUT2D eigenvalue weighted by Crippen LogP contribution is 2.28. The Labute approximate surface area is 135 Å². The first-order valence-corrected chi connectivity index (χ1v) is 8.05. The Bertz CT molecular complexity index is 598. The molecule has 0 spiro atoms. The molecule has 2 aromatic carbocycles. The molecule has 2 aromatic rings. The van der Waals surface area contributed by atoms with Crippen molar-refractivity contribution in [3.05, 3.63) is 63.6 Å². The summed E-state index contributed by atoms with van der Waals surface area (Å²) in [5, 5.41) is 3.58. The van der Waals surface area contributed by atoms with E-state index in [2.05, 4.69) is 71.5 Å². The number of methoxy groups -OCH3 is 1. The Kier molecular flexibility index (Phi) is 5.83. The van der Waals surface area contributed by atoms with Gasteiger partial charge in [-0.15, -0.1) is 0 Å². The molecule has 0 aliphatic heterocycles. The molecule has 3 heteroatoms. The van der Waals surface area contributed by atoms with Crippen LogP contribution in [0.25, 0.3) is 0 Å². The zero-order valence-corrected chi connectivity index (χ0v) is 14.4. The lowest BCUT2D eigenvalue weighted by molar-refractivity contribution is 0.412. The lowest BCUT2D eigenvalue weighted by atomic mass is 9.97. The third-order valence-corrected chi connectivity index (χ3v) is 4.17. The van der Waals surface area contributed by atoms with E-state index in [1.54, 1.807) is 7.11 Å². The first-order chi connectivity index (χ1) is 10.1. The van der Waals surface area contributed by atoms with E-state index in [0.29, 0.717) is 6.04 Å². The Hall–Kier alpha value is -1.32. The fourth-order valence-electron chi connectivity index (χ4n) is 2.51. The van der Waals surface area contributed by atoms with Crippen molar-refractivity contribution in [2.45, 2.75) is 26.3 Å². The van der Waals surface area contributed by atoms with Crippen LogP contribution in [0, 0.1) is 6.92 Å². The molecule has 2 nitrogen and oxygen atoms in total. The zero-order chi connectivity index (χ0) is 15.2. The van der Waals surface area contributed by atoms with Crippen LogP contribution in [0.15, 0.2) is 46.9 Å². The number of halogens is 1. The summed E-state index contributed by atoms with van der Waals surface area (Å²) in [6.45, 7) is 5.24. The lowest BCUT2D eigenvalue weighted by Gasteiger charge is -2.19. The van der Waals surface area contributed by atoms with Crippen LogP contribution in [0.2, 0.25) is 0 Å². The molecular weight excluding hydrogens is 326 g/mol. The average molecular weight is 348 g/mol. The number of hydrogen-bond acceptors (Lipinski definition) is 2. The van der Waals surface area contributed by atoms with Gasteiger partial charge in [-0.3, -0.25) is 0 Å². The van der Waals surface area contributed by atoms with Crippen LogP contribution < -0.4 is 10.1 Å². The third kappa shape index (κ3) is 4.32. The summed E-state index contributed by atoms with van der Waals surface area (Å²) in [6, 6.07) is 15.3. The van der Waals surface area contributed by atoms with Crippen molar-refractivity contribution in [2.75, 3.05) is 13.7 Å². The van der Waals surface area contributed by atoms with Crippen molar-refractivity contribution in [3.8, 4) is 5.75 Å². The summed E-state index contributed by atoms with van der Waals surface area (Å²) in [7, 11) is 1.69. The second kappa shape index (κ2) is 7.62. The van der Waals surface area contributed by atoms with Gasteiger partial charge in [0, 0.05) is 6.04 Å².